The highest BCUT2D eigenvalue weighted by molar-refractivity contribution is 7.99. The summed E-state index contributed by atoms with van der Waals surface area (Å²) >= 11 is 1.53. The second-order valence-corrected chi connectivity index (χ2v) is 3.59. The molecule has 0 saturated heterocycles. The third-order valence-electron chi connectivity index (χ3n) is 1.57. The van der Waals surface area contributed by atoms with E-state index >= 15 is 0 Å². The summed E-state index contributed by atoms with van der Waals surface area (Å²) in [6, 6.07) is 3.81. The lowest BCUT2D eigenvalue weighted by molar-refractivity contribution is 0.322. The second-order valence-electron chi connectivity index (χ2n) is 2.47. The maximum Gasteiger partial charge on any atom is 0.153 e. The van der Waals surface area contributed by atoms with Crippen LogP contribution < -0.4 is 0 Å². The van der Waals surface area contributed by atoms with Crippen molar-refractivity contribution in [2.45, 2.75) is 5.03 Å². The average molecular weight is 195 g/mol. The number of aliphatic hydroxyl groups is 1. The molecule has 2 aromatic rings. The van der Waals surface area contributed by atoms with Gasteiger partial charge in [-0.05, 0) is 12.1 Å². The van der Waals surface area contributed by atoms with Crippen LogP contribution in [0.25, 0.3) is 5.65 Å². The maximum atomic E-state index is 8.63. The minimum atomic E-state index is 0.175. The lowest BCUT2D eigenvalue weighted by Crippen LogP contribution is -1.93. The quantitative estimate of drug-likeness (QED) is 0.736. The minimum absolute atomic E-state index is 0.175. The largest absolute Gasteiger partial charge is 0.396 e. The number of imidazole rings is 1. The lowest BCUT2D eigenvalue weighted by atomic mass is 10.6. The lowest BCUT2D eigenvalue weighted by Gasteiger charge is -1.98. The van der Waals surface area contributed by atoms with Gasteiger partial charge in [-0.25, -0.2) is 9.50 Å². The van der Waals surface area contributed by atoms with Crippen molar-refractivity contribution in [3.05, 3.63) is 24.5 Å². The van der Waals surface area contributed by atoms with Crippen molar-refractivity contribution in [3.8, 4) is 0 Å². The van der Waals surface area contributed by atoms with Gasteiger partial charge in [0.2, 0.25) is 0 Å². The van der Waals surface area contributed by atoms with Crippen molar-refractivity contribution in [1.82, 2.24) is 14.6 Å². The smallest absolute Gasteiger partial charge is 0.153 e. The molecule has 0 fully saturated rings. The molecule has 0 saturated carbocycles. The number of aliphatic hydroxyl groups excluding tert-OH is 1. The Balaban J connectivity index is 2.26. The highest BCUT2D eigenvalue weighted by Crippen LogP contribution is 2.14. The SMILES string of the molecule is OCCSc1ccc2nccn2n1. The molecule has 13 heavy (non-hydrogen) atoms. The first-order chi connectivity index (χ1) is 6.40. The maximum absolute atomic E-state index is 8.63. The first-order valence-electron chi connectivity index (χ1n) is 3.94. The van der Waals surface area contributed by atoms with Gasteiger partial charge in [-0.2, -0.15) is 5.10 Å². The number of hydrogen-bond acceptors (Lipinski definition) is 4. The third-order valence-corrected chi connectivity index (χ3v) is 2.47. The highest BCUT2D eigenvalue weighted by Gasteiger charge is 1.97. The van der Waals surface area contributed by atoms with Gasteiger partial charge >= 0.3 is 0 Å². The van der Waals surface area contributed by atoms with Crippen LogP contribution in [0.2, 0.25) is 0 Å². The van der Waals surface area contributed by atoms with E-state index in [0.717, 1.165) is 10.7 Å². The van der Waals surface area contributed by atoms with Gasteiger partial charge in [0.15, 0.2) is 5.65 Å². The van der Waals surface area contributed by atoms with Crippen molar-refractivity contribution < 1.29 is 5.11 Å². The van der Waals surface area contributed by atoms with Gasteiger partial charge in [-0.1, -0.05) is 0 Å². The fraction of sp³-hybridized carbons (Fsp3) is 0.250. The number of fused-ring (bicyclic) bond motifs is 1. The molecule has 0 amide bonds. The van der Waals surface area contributed by atoms with E-state index < -0.39 is 0 Å². The van der Waals surface area contributed by atoms with E-state index in [4.69, 9.17) is 5.11 Å². The van der Waals surface area contributed by atoms with Crippen molar-refractivity contribution in [3.63, 3.8) is 0 Å². The molecule has 0 aliphatic rings. The highest BCUT2D eigenvalue weighted by atomic mass is 32.2. The van der Waals surface area contributed by atoms with Gasteiger partial charge in [-0.15, -0.1) is 11.8 Å². The van der Waals surface area contributed by atoms with E-state index in [9.17, 15) is 0 Å². The molecule has 4 nitrogen and oxygen atoms in total. The molecule has 0 bridgehead atoms. The monoisotopic (exact) mass is 195 g/mol. The zero-order chi connectivity index (χ0) is 9.10. The molecule has 0 aromatic carbocycles. The first kappa shape index (κ1) is 8.52. The molecule has 0 radical (unpaired) electrons. The minimum Gasteiger partial charge on any atom is -0.396 e. The second kappa shape index (κ2) is 3.76. The van der Waals surface area contributed by atoms with Crippen LogP contribution in [0.1, 0.15) is 0 Å². The summed E-state index contributed by atoms with van der Waals surface area (Å²) in [5.41, 5.74) is 0.841. The summed E-state index contributed by atoms with van der Waals surface area (Å²) in [5.74, 6) is 0.674. The molecule has 2 rings (SSSR count). The molecule has 1 N–H and O–H groups in total. The standard InChI is InChI=1S/C8H9N3OS/c12-5-6-13-8-2-1-7-9-3-4-11(7)10-8/h1-4,12H,5-6H2. The van der Waals surface area contributed by atoms with E-state index in [1.54, 1.807) is 16.9 Å². The van der Waals surface area contributed by atoms with Crippen LogP contribution in [0, 0.1) is 0 Å². The van der Waals surface area contributed by atoms with E-state index in [-0.39, 0.29) is 6.61 Å². The van der Waals surface area contributed by atoms with Crippen molar-refractivity contribution in [2.24, 2.45) is 0 Å². The molecule has 0 aliphatic carbocycles. The molecular weight excluding hydrogens is 186 g/mol. The van der Waals surface area contributed by atoms with E-state index in [2.05, 4.69) is 10.1 Å². The van der Waals surface area contributed by atoms with Gasteiger partial charge in [-0.3, -0.25) is 0 Å². The van der Waals surface area contributed by atoms with Crippen LogP contribution in [-0.4, -0.2) is 32.1 Å². The van der Waals surface area contributed by atoms with Gasteiger partial charge in [0, 0.05) is 18.1 Å². The summed E-state index contributed by atoms with van der Waals surface area (Å²) in [4.78, 5) is 4.08. The summed E-state index contributed by atoms with van der Waals surface area (Å²) in [5, 5.41) is 13.8. The van der Waals surface area contributed by atoms with Crippen LogP contribution in [0.5, 0.6) is 0 Å². The van der Waals surface area contributed by atoms with Crippen molar-refractivity contribution in [2.75, 3.05) is 12.4 Å². The molecule has 2 heterocycles. The number of hydrogen-bond donors (Lipinski definition) is 1. The van der Waals surface area contributed by atoms with Crippen LogP contribution in [0.4, 0.5) is 0 Å². The summed E-state index contributed by atoms with van der Waals surface area (Å²) in [6.45, 7) is 0.175. The molecule has 68 valence electrons. The van der Waals surface area contributed by atoms with Crippen LogP contribution in [0.15, 0.2) is 29.6 Å². The van der Waals surface area contributed by atoms with E-state index in [1.807, 2.05) is 12.1 Å². The number of nitrogens with zero attached hydrogens (tertiary/aromatic N) is 3. The fourth-order valence-corrected chi connectivity index (χ4v) is 1.64. The van der Waals surface area contributed by atoms with E-state index in [1.165, 1.54) is 11.8 Å². The predicted octanol–water partition coefficient (Wildman–Crippen LogP) is 0.814. The summed E-state index contributed by atoms with van der Waals surface area (Å²) in [6.07, 6.45) is 3.52. The topological polar surface area (TPSA) is 50.4 Å². The molecule has 0 unspecified atom stereocenters. The van der Waals surface area contributed by atoms with Crippen molar-refractivity contribution in [1.29, 1.82) is 0 Å². The molecule has 2 aromatic heterocycles. The fourth-order valence-electron chi connectivity index (χ4n) is 1.02. The average Bonchev–Trinajstić information content (AvgIpc) is 2.61. The number of thioether (sulfide) groups is 1. The molecule has 5 heteroatoms. The van der Waals surface area contributed by atoms with E-state index in [0.29, 0.717) is 5.75 Å². The summed E-state index contributed by atoms with van der Waals surface area (Å²) < 4.78 is 1.72. The zero-order valence-electron chi connectivity index (χ0n) is 6.92. The summed E-state index contributed by atoms with van der Waals surface area (Å²) in [7, 11) is 0. The normalized spacial score (nSPS) is 10.8. The zero-order valence-corrected chi connectivity index (χ0v) is 7.74. The predicted molar refractivity (Wildman–Crippen MR) is 50.8 cm³/mol. The Morgan fingerprint density at radius 1 is 1.46 bits per heavy atom. The van der Waals surface area contributed by atoms with Crippen LogP contribution in [0.3, 0.4) is 0 Å². The van der Waals surface area contributed by atoms with Gasteiger partial charge in [0.25, 0.3) is 0 Å². The van der Waals surface area contributed by atoms with Crippen LogP contribution >= 0.6 is 11.8 Å². The third kappa shape index (κ3) is 1.81. The first-order valence-corrected chi connectivity index (χ1v) is 4.93. The van der Waals surface area contributed by atoms with Gasteiger partial charge < -0.3 is 5.11 Å². The van der Waals surface area contributed by atoms with Gasteiger partial charge in [0.1, 0.15) is 5.03 Å². The Morgan fingerprint density at radius 2 is 2.38 bits per heavy atom. The van der Waals surface area contributed by atoms with Gasteiger partial charge in [0.05, 0.1) is 6.61 Å². The Morgan fingerprint density at radius 3 is 3.23 bits per heavy atom. The molecule has 0 aliphatic heterocycles. The number of aromatic nitrogens is 3. The molecule has 0 atom stereocenters. The van der Waals surface area contributed by atoms with Crippen molar-refractivity contribution >= 4 is 17.4 Å². The number of rotatable bonds is 3. The Bertz CT molecular complexity index is 401. The van der Waals surface area contributed by atoms with Crippen LogP contribution in [-0.2, 0) is 0 Å². The Kier molecular flexibility index (Phi) is 2.47. The Hall–Kier alpha value is -1.07. The molecular formula is C8H9N3OS. The Labute approximate surface area is 79.6 Å². The molecule has 0 spiro atoms.